The van der Waals surface area contributed by atoms with Crippen molar-refractivity contribution in [3.63, 3.8) is 0 Å². The van der Waals surface area contributed by atoms with E-state index >= 15 is 0 Å². The van der Waals surface area contributed by atoms with Crippen molar-refractivity contribution in [3.8, 4) is 5.75 Å². The Morgan fingerprint density at radius 1 is 1.39 bits per heavy atom. The van der Waals surface area contributed by atoms with Gasteiger partial charge in [0.1, 0.15) is 5.75 Å². The molecule has 0 N–H and O–H groups in total. The standard InChI is InChI=1S/C14H18BrNO2/c1-14(2,3)16(11-7-8-11)13(17)18-12-6-4-5-10(15)9-12/h4-6,9,11H,7-8H2,1-3H3. The Kier molecular flexibility index (Phi) is 3.66. The van der Waals surface area contributed by atoms with E-state index in [4.69, 9.17) is 4.74 Å². The summed E-state index contributed by atoms with van der Waals surface area (Å²) in [6.07, 6.45) is 1.89. The van der Waals surface area contributed by atoms with E-state index in [1.165, 1.54) is 0 Å². The number of nitrogens with zero attached hydrogens (tertiary/aromatic N) is 1. The van der Waals surface area contributed by atoms with Gasteiger partial charge in [-0.1, -0.05) is 22.0 Å². The van der Waals surface area contributed by atoms with Crippen LogP contribution in [0.2, 0.25) is 0 Å². The van der Waals surface area contributed by atoms with E-state index < -0.39 is 0 Å². The second-order valence-electron chi connectivity index (χ2n) is 5.60. The zero-order valence-corrected chi connectivity index (χ0v) is 12.5. The summed E-state index contributed by atoms with van der Waals surface area (Å²) in [4.78, 5) is 14.1. The van der Waals surface area contributed by atoms with Crippen LogP contribution in [0.3, 0.4) is 0 Å². The lowest BCUT2D eigenvalue weighted by Crippen LogP contribution is -2.48. The van der Waals surface area contributed by atoms with E-state index in [1.807, 2.05) is 37.8 Å². The molecule has 1 amide bonds. The van der Waals surface area contributed by atoms with Crippen LogP contribution in [0.5, 0.6) is 5.75 Å². The molecule has 0 unspecified atom stereocenters. The lowest BCUT2D eigenvalue weighted by atomic mass is 10.1. The Balaban J connectivity index is 2.10. The summed E-state index contributed by atoms with van der Waals surface area (Å²) < 4.78 is 6.35. The summed E-state index contributed by atoms with van der Waals surface area (Å²) in [5.74, 6) is 0.573. The van der Waals surface area contributed by atoms with Crippen LogP contribution in [0.4, 0.5) is 4.79 Å². The van der Waals surface area contributed by atoms with E-state index in [2.05, 4.69) is 15.9 Å². The molecule has 4 heteroatoms. The number of rotatable bonds is 2. The first kappa shape index (κ1) is 13.4. The summed E-state index contributed by atoms with van der Waals surface area (Å²) >= 11 is 3.36. The van der Waals surface area contributed by atoms with Crippen LogP contribution in [0.25, 0.3) is 0 Å². The number of hydrogen-bond donors (Lipinski definition) is 0. The number of ether oxygens (including phenoxy) is 1. The SMILES string of the molecule is CC(C)(C)N(C(=O)Oc1cccc(Br)c1)C1CC1. The highest BCUT2D eigenvalue weighted by Crippen LogP contribution is 2.33. The number of amides is 1. The predicted molar refractivity (Wildman–Crippen MR) is 74.8 cm³/mol. The molecule has 18 heavy (non-hydrogen) atoms. The summed E-state index contributed by atoms with van der Waals surface area (Å²) in [6, 6.07) is 7.68. The molecule has 1 aliphatic rings. The molecule has 1 aromatic carbocycles. The van der Waals surface area contributed by atoms with Gasteiger partial charge in [0.25, 0.3) is 0 Å². The molecule has 1 aliphatic carbocycles. The van der Waals surface area contributed by atoms with Crippen LogP contribution in [-0.4, -0.2) is 22.6 Å². The van der Waals surface area contributed by atoms with Crippen molar-refractivity contribution in [2.24, 2.45) is 0 Å². The Labute approximate surface area is 116 Å². The van der Waals surface area contributed by atoms with Gasteiger partial charge in [-0.2, -0.15) is 0 Å². The quantitative estimate of drug-likeness (QED) is 0.818. The van der Waals surface area contributed by atoms with Crippen LogP contribution in [-0.2, 0) is 0 Å². The van der Waals surface area contributed by atoms with Crippen molar-refractivity contribution in [1.29, 1.82) is 0 Å². The summed E-state index contributed by atoms with van der Waals surface area (Å²) in [6.45, 7) is 6.11. The Morgan fingerprint density at radius 3 is 2.56 bits per heavy atom. The third-order valence-corrected chi connectivity index (χ3v) is 3.33. The van der Waals surface area contributed by atoms with Crippen molar-refractivity contribution in [1.82, 2.24) is 4.90 Å². The smallest absolute Gasteiger partial charge is 0.410 e. The molecule has 98 valence electrons. The van der Waals surface area contributed by atoms with Gasteiger partial charge in [-0.05, 0) is 51.8 Å². The average molecular weight is 312 g/mol. The normalized spacial score (nSPS) is 15.3. The summed E-state index contributed by atoms with van der Waals surface area (Å²) in [5.41, 5.74) is -0.204. The molecule has 0 radical (unpaired) electrons. The lowest BCUT2D eigenvalue weighted by Gasteiger charge is -2.34. The number of carbonyl (C=O) groups excluding carboxylic acids is 1. The molecule has 1 fully saturated rings. The van der Waals surface area contributed by atoms with Gasteiger partial charge >= 0.3 is 6.09 Å². The fourth-order valence-electron chi connectivity index (χ4n) is 1.98. The first-order valence-electron chi connectivity index (χ1n) is 6.14. The monoisotopic (exact) mass is 311 g/mol. The van der Waals surface area contributed by atoms with Gasteiger partial charge in [-0.25, -0.2) is 4.79 Å². The lowest BCUT2D eigenvalue weighted by molar-refractivity contribution is 0.101. The molecule has 0 aliphatic heterocycles. The molecule has 1 aromatic rings. The second kappa shape index (κ2) is 4.92. The number of hydrogen-bond acceptors (Lipinski definition) is 2. The van der Waals surface area contributed by atoms with Crippen molar-refractivity contribution in [2.45, 2.75) is 45.2 Å². The van der Waals surface area contributed by atoms with Crippen LogP contribution < -0.4 is 4.74 Å². The molecule has 0 spiro atoms. The maximum atomic E-state index is 12.2. The van der Waals surface area contributed by atoms with E-state index in [0.29, 0.717) is 11.8 Å². The third kappa shape index (κ3) is 3.25. The van der Waals surface area contributed by atoms with E-state index in [-0.39, 0.29) is 11.6 Å². The Bertz CT molecular complexity index is 449. The van der Waals surface area contributed by atoms with E-state index in [0.717, 1.165) is 17.3 Å². The second-order valence-corrected chi connectivity index (χ2v) is 6.51. The van der Waals surface area contributed by atoms with Crippen molar-refractivity contribution in [3.05, 3.63) is 28.7 Å². The molecule has 0 heterocycles. The van der Waals surface area contributed by atoms with Gasteiger partial charge in [0.05, 0.1) is 0 Å². The Hall–Kier alpha value is -1.03. The van der Waals surface area contributed by atoms with E-state index in [9.17, 15) is 4.79 Å². The minimum atomic E-state index is -0.261. The van der Waals surface area contributed by atoms with Gasteiger partial charge in [-0.3, -0.25) is 0 Å². The van der Waals surface area contributed by atoms with Gasteiger partial charge in [0.2, 0.25) is 0 Å². The molecule has 1 saturated carbocycles. The summed E-state index contributed by atoms with van der Waals surface area (Å²) in [5, 5.41) is 0. The fourth-order valence-corrected chi connectivity index (χ4v) is 2.36. The molecule has 0 bridgehead atoms. The molecule has 3 nitrogen and oxygen atoms in total. The zero-order chi connectivity index (χ0) is 13.3. The van der Waals surface area contributed by atoms with Crippen molar-refractivity contribution >= 4 is 22.0 Å². The zero-order valence-electron chi connectivity index (χ0n) is 10.9. The number of carbonyl (C=O) groups is 1. The van der Waals surface area contributed by atoms with Crippen LogP contribution >= 0.6 is 15.9 Å². The molecule has 0 atom stereocenters. The third-order valence-electron chi connectivity index (χ3n) is 2.83. The van der Waals surface area contributed by atoms with Gasteiger partial charge in [0.15, 0.2) is 0 Å². The molecule has 0 aromatic heterocycles. The highest BCUT2D eigenvalue weighted by molar-refractivity contribution is 9.10. The van der Waals surface area contributed by atoms with Gasteiger partial charge in [0, 0.05) is 16.1 Å². The van der Waals surface area contributed by atoms with Crippen molar-refractivity contribution in [2.75, 3.05) is 0 Å². The van der Waals surface area contributed by atoms with Crippen LogP contribution in [0.15, 0.2) is 28.7 Å². The maximum absolute atomic E-state index is 12.2. The minimum Gasteiger partial charge on any atom is -0.410 e. The van der Waals surface area contributed by atoms with Crippen molar-refractivity contribution < 1.29 is 9.53 Å². The largest absolute Gasteiger partial charge is 0.415 e. The Morgan fingerprint density at radius 2 is 2.06 bits per heavy atom. The van der Waals surface area contributed by atoms with Crippen LogP contribution in [0.1, 0.15) is 33.6 Å². The van der Waals surface area contributed by atoms with E-state index in [1.54, 1.807) is 12.1 Å². The highest BCUT2D eigenvalue weighted by Gasteiger charge is 2.40. The first-order valence-corrected chi connectivity index (χ1v) is 6.94. The minimum absolute atomic E-state index is 0.204. The first-order chi connectivity index (χ1) is 8.38. The van der Waals surface area contributed by atoms with Gasteiger partial charge < -0.3 is 9.64 Å². The topological polar surface area (TPSA) is 29.5 Å². The predicted octanol–water partition coefficient (Wildman–Crippen LogP) is 4.21. The molecular formula is C14H18BrNO2. The van der Waals surface area contributed by atoms with Crippen LogP contribution in [0, 0.1) is 0 Å². The fraction of sp³-hybridized carbons (Fsp3) is 0.500. The van der Waals surface area contributed by atoms with Gasteiger partial charge in [-0.15, -0.1) is 0 Å². The molecular weight excluding hydrogens is 294 g/mol. The highest BCUT2D eigenvalue weighted by atomic mass is 79.9. The average Bonchev–Trinajstić information content (AvgIpc) is 2.99. The number of halogens is 1. The number of benzene rings is 1. The summed E-state index contributed by atoms with van der Waals surface area (Å²) in [7, 11) is 0. The molecule has 2 rings (SSSR count). The molecule has 0 saturated heterocycles. The maximum Gasteiger partial charge on any atom is 0.415 e.